The van der Waals surface area contributed by atoms with Crippen molar-refractivity contribution in [1.82, 2.24) is 4.98 Å². The molecule has 1 aromatic carbocycles. The van der Waals surface area contributed by atoms with Crippen LogP contribution in [0.4, 0.5) is 11.4 Å². The van der Waals surface area contributed by atoms with Crippen molar-refractivity contribution in [3.8, 4) is 6.07 Å². The van der Waals surface area contributed by atoms with Crippen molar-refractivity contribution in [1.29, 1.82) is 5.26 Å². The van der Waals surface area contributed by atoms with Crippen LogP contribution in [0.5, 0.6) is 0 Å². The summed E-state index contributed by atoms with van der Waals surface area (Å²) in [6, 6.07) is 9.60. The number of nitriles is 1. The lowest BCUT2D eigenvalue weighted by atomic mass is 10.2. The fraction of sp³-hybridized carbons (Fsp3) is 0.0769. The molecule has 0 amide bonds. The first-order valence-electron chi connectivity index (χ1n) is 5.69. The molecular formula is C13H12N4O2S. The summed E-state index contributed by atoms with van der Waals surface area (Å²) in [5, 5.41) is 8.93. The second-order valence-electron chi connectivity index (χ2n) is 4.11. The van der Waals surface area contributed by atoms with Gasteiger partial charge >= 0.3 is 0 Å². The van der Waals surface area contributed by atoms with Gasteiger partial charge in [0.2, 0.25) is 0 Å². The van der Waals surface area contributed by atoms with Crippen LogP contribution in [0.25, 0.3) is 0 Å². The van der Waals surface area contributed by atoms with E-state index in [4.69, 9.17) is 11.0 Å². The Morgan fingerprint density at radius 1 is 1.30 bits per heavy atom. The highest BCUT2D eigenvalue weighted by Gasteiger charge is 2.21. The van der Waals surface area contributed by atoms with Gasteiger partial charge in [-0.25, -0.2) is 13.4 Å². The number of aromatic nitrogens is 1. The van der Waals surface area contributed by atoms with Crippen LogP contribution in [0.3, 0.4) is 0 Å². The molecule has 0 aliphatic carbocycles. The lowest BCUT2D eigenvalue weighted by Gasteiger charge is -2.13. The Balaban J connectivity index is 2.50. The fourth-order valence-electron chi connectivity index (χ4n) is 1.71. The number of pyridine rings is 1. The molecule has 6 nitrogen and oxygen atoms in total. The molecule has 7 heteroatoms. The zero-order chi connectivity index (χ0) is 14.8. The van der Waals surface area contributed by atoms with Gasteiger partial charge in [0.05, 0.1) is 11.4 Å². The summed E-state index contributed by atoms with van der Waals surface area (Å²) < 4.78 is 27.1. The van der Waals surface area contributed by atoms with E-state index in [1.54, 1.807) is 31.2 Å². The predicted octanol–water partition coefficient (Wildman–Crippen LogP) is 1.64. The first-order valence-corrected chi connectivity index (χ1v) is 7.17. The Morgan fingerprint density at radius 2 is 2.05 bits per heavy atom. The Labute approximate surface area is 116 Å². The van der Waals surface area contributed by atoms with Gasteiger partial charge in [-0.1, -0.05) is 12.1 Å². The summed E-state index contributed by atoms with van der Waals surface area (Å²) in [4.78, 5) is 3.56. The van der Waals surface area contributed by atoms with Crippen molar-refractivity contribution in [2.75, 3.05) is 10.5 Å². The van der Waals surface area contributed by atoms with Gasteiger partial charge in [0, 0.05) is 6.20 Å². The van der Waals surface area contributed by atoms with E-state index in [9.17, 15) is 8.42 Å². The minimum Gasteiger partial charge on any atom is -0.397 e. The number of hydrogen-bond donors (Lipinski definition) is 2. The maximum absolute atomic E-state index is 12.3. The Bertz CT molecular complexity index is 774. The highest BCUT2D eigenvalue weighted by molar-refractivity contribution is 7.92. The van der Waals surface area contributed by atoms with E-state index in [2.05, 4.69) is 9.71 Å². The number of nitrogens with zero attached hydrogens (tertiary/aromatic N) is 2. The molecule has 3 N–H and O–H groups in total. The van der Waals surface area contributed by atoms with E-state index >= 15 is 0 Å². The third-order valence-electron chi connectivity index (χ3n) is 2.71. The molecule has 0 spiro atoms. The van der Waals surface area contributed by atoms with Crippen LogP contribution < -0.4 is 10.5 Å². The maximum atomic E-state index is 12.3. The SMILES string of the molecule is Cc1cccc(N)c1NS(=O)(=O)c1cccnc1C#N. The highest BCUT2D eigenvalue weighted by Crippen LogP contribution is 2.26. The van der Waals surface area contributed by atoms with E-state index in [-0.39, 0.29) is 10.6 Å². The van der Waals surface area contributed by atoms with Crippen LogP contribution in [0, 0.1) is 18.3 Å². The van der Waals surface area contributed by atoms with E-state index < -0.39 is 10.0 Å². The standard InChI is InChI=1S/C13H12N4O2S/c1-9-4-2-5-10(15)13(9)17-20(18,19)12-6-3-7-16-11(12)8-14/h2-7,17H,15H2,1H3. The molecule has 1 aromatic heterocycles. The summed E-state index contributed by atoms with van der Waals surface area (Å²) in [5.74, 6) is 0. The Kier molecular flexibility index (Phi) is 3.59. The van der Waals surface area contributed by atoms with Gasteiger partial charge in [0.15, 0.2) is 5.69 Å². The van der Waals surface area contributed by atoms with Crippen molar-refractivity contribution >= 4 is 21.4 Å². The van der Waals surface area contributed by atoms with Gasteiger partial charge in [-0.2, -0.15) is 5.26 Å². The number of benzene rings is 1. The highest BCUT2D eigenvalue weighted by atomic mass is 32.2. The van der Waals surface area contributed by atoms with Crippen molar-refractivity contribution < 1.29 is 8.42 Å². The van der Waals surface area contributed by atoms with Crippen LogP contribution >= 0.6 is 0 Å². The maximum Gasteiger partial charge on any atom is 0.264 e. The second kappa shape index (κ2) is 5.19. The summed E-state index contributed by atoms with van der Waals surface area (Å²) >= 11 is 0. The van der Waals surface area contributed by atoms with Gasteiger partial charge in [-0.15, -0.1) is 0 Å². The summed E-state index contributed by atoms with van der Waals surface area (Å²) in [6.07, 6.45) is 1.36. The zero-order valence-corrected chi connectivity index (χ0v) is 11.5. The number of hydrogen-bond acceptors (Lipinski definition) is 5. The Hall–Kier alpha value is -2.59. The lowest BCUT2D eigenvalue weighted by Crippen LogP contribution is -2.16. The summed E-state index contributed by atoms with van der Waals surface area (Å²) in [7, 11) is -3.92. The van der Waals surface area contributed by atoms with Gasteiger partial charge in [0.25, 0.3) is 10.0 Å². The molecule has 2 rings (SSSR count). The number of aryl methyl sites for hydroxylation is 1. The number of nitrogen functional groups attached to an aromatic ring is 1. The molecule has 0 atom stereocenters. The van der Waals surface area contributed by atoms with Crippen LogP contribution in [-0.2, 0) is 10.0 Å². The number of anilines is 2. The molecule has 102 valence electrons. The topological polar surface area (TPSA) is 109 Å². The lowest BCUT2D eigenvalue weighted by molar-refractivity contribution is 0.600. The van der Waals surface area contributed by atoms with Gasteiger partial charge in [-0.05, 0) is 30.7 Å². The van der Waals surface area contributed by atoms with Crippen molar-refractivity contribution in [3.05, 3.63) is 47.8 Å². The van der Waals surface area contributed by atoms with E-state index in [0.29, 0.717) is 16.9 Å². The number of para-hydroxylation sites is 1. The number of nitrogens with one attached hydrogen (secondary N) is 1. The third-order valence-corrected chi connectivity index (χ3v) is 4.09. The average Bonchev–Trinajstić information content (AvgIpc) is 2.43. The molecule has 0 aliphatic rings. The molecule has 0 unspecified atom stereocenters. The molecule has 0 fully saturated rings. The van der Waals surface area contributed by atoms with E-state index in [1.165, 1.54) is 18.3 Å². The molecular weight excluding hydrogens is 276 g/mol. The minimum absolute atomic E-state index is 0.160. The van der Waals surface area contributed by atoms with Crippen molar-refractivity contribution in [3.63, 3.8) is 0 Å². The second-order valence-corrected chi connectivity index (χ2v) is 5.76. The van der Waals surface area contributed by atoms with E-state index in [0.717, 1.165) is 0 Å². The fourth-order valence-corrected chi connectivity index (χ4v) is 2.98. The molecule has 2 aromatic rings. The number of nitrogens with two attached hydrogens (primary N) is 1. The molecule has 0 aliphatic heterocycles. The van der Waals surface area contributed by atoms with Crippen LogP contribution in [-0.4, -0.2) is 13.4 Å². The minimum atomic E-state index is -3.92. The van der Waals surface area contributed by atoms with E-state index in [1.807, 2.05) is 0 Å². The first kappa shape index (κ1) is 13.8. The van der Waals surface area contributed by atoms with Crippen LogP contribution in [0.15, 0.2) is 41.4 Å². The molecule has 0 bridgehead atoms. The van der Waals surface area contributed by atoms with Crippen molar-refractivity contribution in [2.24, 2.45) is 0 Å². The van der Waals surface area contributed by atoms with Crippen molar-refractivity contribution in [2.45, 2.75) is 11.8 Å². The summed E-state index contributed by atoms with van der Waals surface area (Å²) in [5.41, 5.74) is 6.92. The number of sulfonamides is 1. The molecule has 0 saturated heterocycles. The zero-order valence-electron chi connectivity index (χ0n) is 10.7. The van der Waals surface area contributed by atoms with Gasteiger partial charge in [-0.3, -0.25) is 4.72 Å². The van der Waals surface area contributed by atoms with Crippen LogP contribution in [0.2, 0.25) is 0 Å². The third kappa shape index (κ3) is 2.55. The quantitative estimate of drug-likeness (QED) is 0.834. The normalized spacial score (nSPS) is 10.8. The molecule has 0 radical (unpaired) electrons. The predicted molar refractivity (Wildman–Crippen MR) is 75.4 cm³/mol. The summed E-state index contributed by atoms with van der Waals surface area (Å²) in [6.45, 7) is 1.74. The first-order chi connectivity index (χ1) is 9.45. The average molecular weight is 288 g/mol. The largest absolute Gasteiger partial charge is 0.397 e. The monoisotopic (exact) mass is 288 g/mol. The van der Waals surface area contributed by atoms with Crippen LogP contribution in [0.1, 0.15) is 11.3 Å². The van der Waals surface area contributed by atoms with Gasteiger partial charge in [0.1, 0.15) is 11.0 Å². The Morgan fingerprint density at radius 3 is 2.70 bits per heavy atom. The number of rotatable bonds is 3. The molecule has 20 heavy (non-hydrogen) atoms. The smallest absolute Gasteiger partial charge is 0.264 e. The van der Waals surface area contributed by atoms with Gasteiger partial charge < -0.3 is 5.73 Å². The molecule has 1 heterocycles. The molecule has 0 saturated carbocycles.